The minimum Gasteiger partial charge on any atom is -0.497 e. The number of benzene rings is 2. The quantitative estimate of drug-likeness (QED) is 0.728. The van der Waals surface area contributed by atoms with Crippen LogP contribution in [0.1, 0.15) is 37.7 Å². The van der Waals surface area contributed by atoms with Crippen LogP contribution >= 0.6 is 11.8 Å². The molecule has 4 rings (SSSR count). The van der Waals surface area contributed by atoms with Crippen LogP contribution in [0.5, 0.6) is 5.75 Å². The van der Waals surface area contributed by atoms with Gasteiger partial charge >= 0.3 is 0 Å². The highest BCUT2D eigenvalue weighted by molar-refractivity contribution is 8.14. The lowest BCUT2D eigenvalue weighted by molar-refractivity contribution is -0.115. The lowest BCUT2D eigenvalue weighted by atomic mass is 9.79. The zero-order valence-corrected chi connectivity index (χ0v) is 18.8. The number of hydrogen-bond donors (Lipinski definition) is 1. The van der Waals surface area contributed by atoms with Gasteiger partial charge in [0.1, 0.15) is 11.3 Å². The third kappa shape index (κ3) is 4.32. The third-order valence-electron chi connectivity index (χ3n) is 5.93. The van der Waals surface area contributed by atoms with E-state index in [9.17, 15) is 4.79 Å². The van der Waals surface area contributed by atoms with Crippen LogP contribution in [0.25, 0.3) is 0 Å². The van der Waals surface area contributed by atoms with Crippen LogP contribution in [0, 0.1) is 6.92 Å². The lowest BCUT2D eigenvalue weighted by Crippen LogP contribution is -2.53. The van der Waals surface area contributed by atoms with Crippen molar-refractivity contribution in [2.45, 2.75) is 44.6 Å². The van der Waals surface area contributed by atoms with E-state index >= 15 is 0 Å². The molecule has 6 nitrogen and oxygen atoms in total. The number of amides is 1. The first-order valence-corrected chi connectivity index (χ1v) is 11.6. The Balaban J connectivity index is 1.83. The molecule has 0 radical (unpaired) electrons. The number of aryl methyl sites for hydroxylation is 1. The van der Waals surface area contributed by atoms with Gasteiger partial charge in [-0.25, -0.2) is 9.98 Å². The van der Waals surface area contributed by atoms with Crippen LogP contribution in [0.4, 0.5) is 11.4 Å². The van der Waals surface area contributed by atoms with Crippen molar-refractivity contribution in [1.82, 2.24) is 0 Å². The molecule has 1 heterocycles. The van der Waals surface area contributed by atoms with Gasteiger partial charge in [0.2, 0.25) is 5.91 Å². The smallest absolute Gasteiger partial charge is 0.227 e. The number of hydrogen-bond acceptors (Lipinski definition) is 5. The van der Waals surface area contributed by atoms with E-state index in [1.807, 2.05) is 42.5 Å². The number of aliphatic imine (C=N–C) groups is 2. The van der Waals surface area contributed by atoms with Crippen molar-refractivity contribution < 1.29 is 9.53 Å². The molecule has 0 saturated heterocycles. The molecule has 0 unspecified atom stereocenters. The van der Waals surface area contributed by atoms with Crippen LogP contribution in [-0.4, -0.2) is 35.3 Å². The number of methoxy groups -OCH3 is 1. The number of para-hydroxylation sites is 1. The second kappa shape index (κ2) is 9.14. The van der Waals surface area contributed by atoms with E-state index in [4.69, 9.17) is 20.5 Å². The Kier molecular flexibility index (Phi) is 6.32. The van der Waals surface area contributed by atoms with Gasteiger partial charge in [-0.1, -0.05) is 49.2 Å². The largest absolute Gasteiger partial charge is 0.497 e. The van der Waals surface area contributed by atoms with Gasteiger partial charge in [-0.15, -0.1) is 0 Å². The van der Waals surface area contributed by atoms with Gasteiger partial charge in [0, 0.05) is 5.69 Å². The molecule has 162 valence electrons. The fourth-order valence-corrected chi connectivity index (χ4v) is 5.20. The first-order chi connectivity index (χ1) is 15.0. The molecule has 1 aliphatic carbocycles. The Morgan fingerprint density at radius 2 is 1.87 bits per heavy atom. The highest BCUT2D eigenvalue weighted by atomic mass is 32.2. The number of anilines is 1. The van der Waals surface area contributed by atoms with Crippen molar-refractivity contribution in [1.29, 1.82) is 0 Å². The van der Waals surface area contributed by atoms with Crippen LogP contribution < -0.4 is 15.4 Å². The molecule has 2 N–H and O–H groups in total. The van der Waals surface area contributed by atoms with Crippen molar-refractivity contribution in [2.24, 2.45) is 15.7 Å². The van der Waals surface area contributed by atoms with E-state index in [1.54, 1.807) is 7.11 Å². The van der Waals surface area contributed by atoms with Gasteiger partial charge in [0.25, 0.3) is 0 Å². The third-order valence-corrected chi connectivity index (χ3v) is 6.89. The zero-order valence-electron chi connectivity index (χ0n) is 18.0. The highest BCUT2D eigenvalue weighted by Gasteiger charge is 2.49. The van der Waals surface area contributed by atoms with E-state index in [1.165, 1.54) is 18.2 Å². The Morgan fingerprint density at radius 1 is 1.16 bits per heavy atom. The number of carbonyl (C=O) groups excluding carboxylic acids is 1. The van der Waals surface area contributed by atoms with Crippen LogP contribution in [0.3, 0.4) is 0 Å². The van der Waals surface area contributed by atoms with Crippen LogP contribution in [-0.2, 0) is 4.79 Å². The fraction of sp³-hybridized carbons (Fsp3) is 0.375. The minimum atomic E-state index is -0.357. The SMILES string of the molecule is COc1ccc(N2C(SCC(N)=O)=NC(=Nc3ccccc3C)C23CCCCC3)cc1. The molecule has 2 aliphatic rings. The Bertz CT molecular complexity index is 1010. The summed E-state index contributed by atoms with van der Waals surface area (Å²) in [7, 11) is 1.66. The van der Waals surface area contributed by atoms with Crippen molar-refractivity contribution in [3.8, 4) is 5.75 Å². The molecule has 1 saturated carbocycles. The summed E-state index contributed by atoms with van der Waals surface area (Å²) >= 11 is 1.38. The van der Waals surface area contributed by atoms with E-state index in [0.29, 0.717) is 0 Å². The number of rotatable bonds is 5. The van der Waals surface area contributed by atoms with E-state index in [2.05, 4.69) is 17.9 Å². The Morgan fingerprint density at radius 3 is 2.52 bits per heavy atom. The average molecular weight is 437 g/mol. The summed E-state index contributed by atoms with van der Waals surface area (Å²) < 4.78 is 5.35. The van der Waals surface area contributed by atoms with Gasteiger partial charge in [-0.3, -0.25) is 4.79 Å². The summed E-state index contributed by atoms with van der Waals surface area (Å²) in [6.45, 7) is 2.07. The topological polar surface area (TPSA) is 80.3 Å². The summed E-state index contributed by atoms with van der Waals surface area (Å²) in [5.74, 6) is 1.45. The molecule has 0 atom stereocenters. The molecule has 31 heavy (non-hydrogen) atoms. The molecule has 2 aromatic carbocycles. The average Bonchev–Trinajstić information content (AvgIpc) is 3.06. The summed E-state index contributed by atoms with van der Waals surface area (Å²) in [4.78, 5) is 23.9. The standard InChI is InChI=1S/C24H28N4O2S/c1-17-8-4-5-9-20(17)26-22-24(14-6-3-7-15-24)28(23(27-22)31-16-21(25)29)18-10-12-19(30-2)13-11-18/h4-5,8-13H,3,6-7,14-16H2,1-2H3,(H2,25,29). The first-order valence-electron chi connectivity index (χ1n) is 10.6. The molecule has 0 bridgehead atoms. The minimum absolute atomic E-state index is 0.180. The molecule has 7 heteroatoms. The second-order valence-corrected chi connectivity index (χ2v) is 8.94. The number of nitrogens with two attached hydrogens (primary N) is 1. The number of nitrogens with zero attached hydrogens (tertiary/aromatic N) is 3. The summed E-state index contributed by atoms with van der Waals surface area (Å²) in [5, 5.41) is 0.776. The maximum Gasteiger partial charge on any atom is 0.227 e. The Labute approximate surface area is 187 Å². The monoisotopic (exact) mass is 436 g/mol. The van der Waals surface area contributed by atoms with Crippen molar-refractivity contribution in [3.05, 3.63) is 54.1 Å². The maximum atomic E-state index is 11.5. The molecule has 1 spiro atoms. The molecule has 1 fully saturated rings. The van der Waals surface area contributed by atoms with Crippen molar-refractivity contribution in [3.63, 3.8) is 0 Å². The number of carbonyl (C=O) groups is 1. The Hall–Kier alpha value is -2.80. The summed E-state index contributed by atoms with van der Waals surface area (Å²) in [6.07, 6.45) is 5.37. The van der Waals surface area contributed by atoms with Crippen molar-refractivity contribution in [2.75, 3.05) is 17.8 Å². The summed E-state index contributed by atoms with van der Waals surface area (Å²) in [5.41, 5.74) is 8.21. The predicted molar refractivity (Wildman–Crippen MR) is 129 cm³/mol. The van der Waals surface area contributed by atoms with E-state index < -0.39 is 0 Å². The number of primary amides is 1. The molecule has 0 aromatic heterocycles. The fourth-order valence-electron chi connectivity index (χ4n) is 4.36. The van der Waals surface area contributed by atoms with E-state index in [0.717, 1.165) is 59.4 Å². The van der Waals surface area contributed by atoms with Crippen LogP contribution in [0.2, 0.25) is 0 Å². The number of amidine groups is 2. The summed E-state index contributed by atoms with van der Waals surface area (Å²) in [6, 6.07) is 16.1. The molecule has 1 aliphatic heterocycles. The molecular formula is C24H28N4O2S. The normalized spacial score (nSPS) is 19.0. The number of thioether (sulfide) groups is 1. The molecule has 2 aromatic rings. The van der Waals surface area contributed by atoms with Gasteiger partial charge < -0.3 is 15.4 Å². The zero-order chi connectivity index (χ0) is 21.8. The molecular weight excluding hydrogens is 408 g/mol. The van der Waals surface area contributed by atoms with Gasteiger partial charge in [0.05, 0.1) is 18.6 Å². The lowest BCUT2D eigenvalue weighted by Gasteiger charge is -2.42. The highest BCUT2D eigenvalue weighted by Crippen LogP contribution is 2.45. The van der Waals surface area contributed by atoms with Crippen molar-refractivity contribution >= 4 is 40.0 Å². The van der Waals surface area contributed by atoms with Gasteiger partial charge in [0.15, 0.2) is 11.0 Å². The van der Waals surface area contributed by atoms with Gasteiger partial charge in [-0.2, -0.15) is 0 Å². The molecule has 1 amide bonds. The predicted octanol–water partition coefficient (Wildman–Crippen LogP) is 4.83. The van der Waals surface area contributed by atoms with Gasteiger partial charge in [-0.05, 0) is 55.7 Å². The first kappa shape index (κ1) is 21.4. The maximum absolute atomic E-state index is 11.5. The second-order valence-electron chi connectivity index (χ2n) is 8.00. The number of ether oxygens (including phenoxy) is 1. The van der Waals surface area contributed by atoms with E-state index in [-0.39, 0.29) is 17.2 Å². The van der Waals surface area contributed by atoms with Crippen LogP contribution in [0.15, 0.2) is 58.5 Å².